The molecule has 0 saturated heterocycles. The summed E-state index contributed by atoms with van der Waals surface area (Å²) in [6.07, 6.45) is 0.813. The number of ether oxygens (including phenoxy) is 2. The number of anilines is 1. The summed E-state index contributed by atoms with van der Waals surface area (Å²) in [5, 5.41) is 2.67. The van der Waals surface area contributed by atoms with Crippen molar-refractivity contribution >= 4 is 11.6 Å². The maximum absolute atomic E-state index is 13.8. The van der Waals surface area contributed by atoms with Crippen molar-refractivity contribution in [1.82, 2.24) is 4.90 Å². The van der Waals surface area contributed by atoms with Gasteiger partial charge in [0.25, 0.3) is 0 Å². The number of para-hydroxylation sites is 1. The van der Waals surface area contributed by atoms with Gasteiger partial charge in [0.2, 0.25) is 5.91 Å². The number of nitrogens with zero attached hydrogens (tertiary/aromatic N) is 1. The summed E-state index contributed by atoms with van der Waals surface area (Å²) in [6.45, 7) is 3.21. The highest BCUT2D eigenvalue weighted by Crippen LogP contribution is 2.33. The van der Waals surface area contributed by atoms with Gasteiger partial charge in [-0.05, 0) is 48.7 Å². The number of hydrogen-bond acceptors (Lipinski definition) is 4. The highest BCUT2D eigenvalue weighted by Gasteiger charge is 2.27. The Morgan fingerprint density at radius 1 is 1.15 bits per heavy atom. The van der Waals surface area contributed by atoms with Crippen molar-refractivity contribution in [3.8, 4) is 11.5 Å². The number of fused-ring (bicyclic) bond motifs is 1. The molecule has 1 N–H and O–H groups in total. The average Bonchev–Trinajstić information content (AvgIpc) is 2.67. The zero-order chi connectivity index (χ0) is 18.7. The molecule has 26 heavy (non-hydrogen) atoms. The Bertz CT molecular complexity index is 810. The van der Waals surface area contributed by atoms with Crippen molar-refractivity contribution in [1.29, 1.82) is 0 Å². The summed E-state index contributed by atoms with van der Waals surface area (Å²) in [4.78, 5) is 14.6. The van der Waals surface area contributed by atoms with Gasteiger partial charge in [-0.3, -0.25) is 9.69 Å². The Kier molecular flexibility index (Phi) is 5.42. The molecule has 0 aliphatic carbocycles. The van der Waals surface area contributed by atoms with Crippen LogP contribution in [-0.2, 0) is 17.8 Å². The van der Waals surface area contributed by atoms with Gasteiger partial charge in [-0.2, -0.15) is 0 Å². The lowest BCUT2D eigenvalue weighted by molar-refractivity contribution is -0.121. The molecular weight excluding hydrogens is 335 g/mol. The number of amides is 1. The number of halogens is 1. The number of benzene rings is 2. The minimum atomic E-state index is -0.436. The fourth-order valence-electron chi connectivity index (χ4n) is 3.20. The zero-order valence-corrected chi connectivity index (χ0v) is 15.2. The van der Waals surface area contributed by atoms with Gasteiger partial charge in [-0.1, -0.05) is 12.1 Å². The largest absolute Gasteiger partial charge is 0.493 e. The van der Waals surface area contributed by atoms with Gasteiger partial charge in [0, 0.05) is 13.1 Å². The highest BCUT2D eigenvalue weighted by atomic mass is 19.1. The maximum atomic E-state index is 13.8. The Balaban J connectivity index is 1.73. The molecule has 1 aliphatic heterocycles. The Morgan fingerprint density at radius 2 is 1.81 bits per heavy atom. The van der Waals surface area contributed by atoms with Crippen LogP contribution in [0.3, 0.4) is 0 Å². The molecule has 0 radical (unpaired) electrons. The number of carbonyl (C=O) groups excluding carboxylic acids is 1. The van der Waals surface area contributed by atoms with Gasteiger partial charge in [0.1, 0.15) is 5.82 Å². The first-order chi connectivity index (χ1) is 12.5. The molecule has 2 aromatic carbocycles. The van der Waals surface area contributed by atoms with Crippen LogP contribution in [0.5, 0.6) is 11.5 Å². The second-order valence-corrected chi connectivity index (χ2v) is 6.34. The van der Waals surface area contributed by atoms with Crippen LogP contribution in [0.2, 0.25) is 0 Å². The Morgan fingerprint density at radius 3 is 2.46 bits per heavy atom. The fraction of sp³-hybridized carbons (Fsp3) is 0.350. The van der Waals surface area contributed by atoms with E-state index in [-0.39, 0.29) is 17.6 Å². The molecule has 0 aromatic heterocycles. The lowest BCUT2D eigenvalue weighted by Gasteiger charge is -2.33. The van der Waals surface area contributed by atoms with Crippen molar-refractivity contribution in [3.05, 3.63) is 53.3 Å². The van der Waals surface area contributed by atoms with Gasteiger partial charge in [-0.15, -0.1) is 0 Å². The summed E-state index contributed by atoms with van der Waals surface area (Å²) in [7, 11) is 3.23. The summed E-state index contributed by atoms with van der Waals surface area (Å²) in [5.41, 5.74) is 2.51. The smallest absolute Gasteiger partial charge is 0.241 e. The summed E-state index contributed by atoms with van der Waals surface area (Å²) >= 11 is 0. The number of rotatable bonds is 5. The van der Waals surface area contributed by atoms with E-state index in [1.807, 2.05) is 19.1 Å². The molecule has 1 heterocycles. The van der Waals surface area contributed by atoms with Gasteiger partial charge in [0.15, 0.2) is 11.5 Å². The standard InChI is InChI=1S/C20H23FN2O3/c1-13(20(24)22-17-7-5-4-6-16(17)21)23-9-8-14-10-18(25-2)19(26-3)11-15(14)12-23/h4-7,10-11,13H,8-9,12H2,1-3H3,(H,22,24)/t13-/m1/s1. The minimum absolute atomic E-state index is 0.202. The van der Waals surface area contributed by atoms with E-state index in [1.165, 1.54) is 11.6 Å². The second-order valence-electron chi connectivity index (χ2n) is 6.34. The van der Waals surface area contributed by atoms with E-state index in [0.717, 1.165) is 18.5 Å². The first-order valence-electron chi connectivity index (χ1n) is 8.56. The molecule has 2 aromatic rings. The lowest BCUT2D eigenvalue weighted by Crippen LogP contribution is -2.44. The molecule has 3 rings (SSSR count). The van der Waals surface area contributed by atoms with Crippen LogP contribution in [0.1, 0.15) is 18.1 Å². The fourth-order valence-corrected chi connectivity index (χ4v) is 3.20. The third-order valence-electron chi connectivity index (χ3n) is 4.81. The first-order valence-corrected chi connectivity index (χ1v) is 8.56. The first kappa shape index (κ1) is 18.2. The van der Waals surface area contributed by atoms with Crippen LogP contribution in [0, 0.1) is 5.82 Å². The number of hydrogen-bond donors (Lipinski definition) is 1. The minimum Gasteiger partial charge on any atom is -0.493 e. The van der Waals surface area contributed by atoms with Crippen LogP contribution in [0.25, 0.3) is 0 Å². The number of carbonyl (C=O) groups is 1. The zero-order valence-electron chi connectivity index (χ0n) is 15.2. The lowest BCUT2D eigenvalue weighted by atomic mass is 9.97. The predicted molar refractivity (Wildman–Crippen MR) is 98.2 cm³/mol. The highest BCUT2D eigenvalue weighted by molar-refractivity contribution is 5.94. The van der Waals surface area contributed by atoms with Crippen molar-refractivity contribution < 1.29 is 18.7 Å². The van der Waals surface area contributed by atoms with E-state index < -0.39 is 5.82 Å². The molecule has 1 atom stereocenters. The van der Waals surface area contributed by atoms with Crippen molar-refractivity contribution in [3.63, 3.8) is 0 Å². The summed E-state index contributed by atoms with van der Waals surface area (Å²) in [5.74, 6) is 0.731. The average molecular weight is 358 g/mol. The molecule has 0 unspecified atom stereocenters. The molecule has 6 heteroatoms. The normalized spacial score (nSPS) is 15.1. The monoisotopic (exact) mass is 358 g/mol. The van der Waals surface area contributed by atoms with Crippen molar-refractivity contribution in [2.45, 2.75) is 25.9 Å². The van der Waals surface area contributed by atoms with Crippen LogP contribution in [0.15, 0.2) is 36.4 Å². The van der Waals surface area contributed by atoms with E-state index in [2.05, 4.69) is 10.2 Å². The maximum Gasteiger partial charge on any atom is 0.241 e. The van der Waals surface area contributed by atoms with Crippen molar-refractivity contribution in [2.24, 2.45) is 0 Å². The molecule has 0 saturated carbocycles. The Labute approximate surface area is 152 Å². The molecule has 0 spiro atoms. The van der Waals surface area contributed by atoms with Crippen LogP contribution in [0.4, 0.5) is 10.1 Å². The summed E-state index contributed by atoms with van der Waals surface area (Å²) in [6, 6.07) is 9.75. The van der Waals surface area contributed by atoms with E-state index >= 15 is 0 Å². The van der Waals surface area contributed by atoms with Crippen LogP contribution >= 0.6 is 0 Å². The quantitative estimate of drug-likeness (QED) is 0.892. The Hall–Kier alpha value is -2.60. The molecule has 138 valence electrons. The van der Waals surface area contributed by atoms with Gasteiger partial charge >= 0.3 is 0 Å². The number of methoxy groups -OCH3 is 2. The molecule has 5 nitrogen and oxygen atoms in total. The molecule has 0 bridgehead atoms. The topological polar surface area (TPSA) is 50.8 Å². The van der Waals surface area contributed by atoms with E-state index in [0.29, 0.717) is 18.0 Å². The second kappa shape index (κ2) is 7.74. The van der Waals surface area contributed by atoms with E-state index in [9.17, 15) is 9.18 Å². The molecule has 1 aliphatic rings. The van der Waals surface area contributed by atoms with Crippen molar-refractivity contribution in [2.75, 3.05) is 26.1 Å². The molecule has 1 amide bonds. The van der Waals surface area contributed by atoms with Crippen LogP contribution in [-0.4, -0.2) is 37.6 Å². The predicted octanol–water partition coefficient (Wildman–Crippen LogP) is 3.23. The van der Waals surface area contributed by atoms with Gasteiger partial charge in [0.05, 0.1) is 25.9 Å². The van der Waals surface area contributed by atoms with E-state index in [1.54, 1.807) is 32.4 Å². The van der Waals surface area contributed by atoms with Gasteiger partial charge < -0.3 is 14.8 Å². The molecule has 0 fully saturated rings. The molecular formula is C20H23FN2O3. The van der Waals surface area contributed by atoms with Gasteiger partial charge in [-0.25, -0.2) is 4.39 Å². The number of nitrogens with one attached hydrogen (secondary N) is 1. The van der Waals surface area contributed by atoms with E-state index in [4.69, 9.17) is 9.47 Å². The van der Waals surface area contributed by atoms with Crippen LogP contribution < -0.4 is 14.8 Å². The third-order valence-corrected chi connectivity index (χ3v) is 4.81. The third kappa shape index (κ3) is 3.65. The summed E-state index contributed by atoms with van der Waals surface area (Å²) < 4.78 is 24.5. The SMILES string of the molecule is COc1cc2c(cc1OC)CN([C@H](C)C(=O)Nc1ccccc1F)CC2.